The second kappa shape index (κ2) is 8.98. The van der Waals surface area contributed by atoms with Crippen LogP contribution in [0.3, 0.4) is 0 Å². The number of rotatable bonds is 5. The molecule has 1 aliphatic rings. The van der Waals surface area contributed by atoms with Crippen LogP contribution in [0.4, 0.5) is 10.1 Å². The maximum atomic E-state index is 13.1. The number of hydrogen-bond donors (Lipinski definition) is 1. The minimum atomic E-state index is -0.299. The Morgan fingerprint density at radius 2 is 1.77 bits per heavy atom. The van der Waals surface area contributed by atoms with Crippen LogP contribution in [-0.2, 0) is 11.3 Å². The van der Waals surface area contributed by atoms with E-state index < -0.39 is 0 Å². The number of carbonyl (C=O) groups excluding carboxylic acids is 1. The molecule has 1 N–H and O–H groups in total. The van der Waals surface area contributed by atoms with Gasteiger partial charge in [-0.05, 0) is 82.1 Å². The molecule has 0 atom stereocenters. The van der Waals surface area contributed by atoms with E-state index in [1.165, 1.54) is 17.7 Å². The third-order valence-electron chi connectivity index (χ3n) is 5.81. The van der Waals surface area contributed by atoms with E-state index in [0.717, 1.165) is 42.7 Å². The molecule has 1 saturated heterocycles. The summed E-state index contributed by atoms with van der Waals surface area (Å²) in [6.07, 6.45) is 1.57. The highest BCUT2D eigenvalue weighted by atomic mass is 19.1. The van der Waals surface area contributed by atoms with Crippen molar-refractivity contribution in [2.45, 2.75) is 40.2 Å². The van der Waals surface area contributed by atoms with Gasteiger partial charge in [0.1, 0.15) is 5.82 Å². The van der Waals surface area contributed by atoms with E-state index in [4.69, 9.17) is 4.52 Å². The summed E-state index contributed by atoms with van der Waals surface area (Å²) in [5.41, 5.74) is 5.03. The summed E-state index contributed by atoms with van der Waals surface area (Å²) < 4.78 is 18.4. The number of likely N-dealkylation sites (tertiary alicyclic amines) is 1. The van der Waals surface area contributed by atoms with Gasteiger partial charge in [0.05, 0.1) is 6.54 Å². The minimum absolute atomic E-state index is 0.00573. The monoisotopic (exact) mass is 422 g/mol. The molecule has 0 spiro atoms. The van der Waals surface area contributed by atoms with Gasteiger partial charge in [-0.2, -0.15) is 4.98 Å². The predicted octanol–water partition coefficient (Wildman–Crippen LogP) is 4.65. The molecule has 1 fully saturated rings. The number of anilines is 1. The summed E-state index contributed by atoms with van der Waals surface area (Å²) in [7, 11) is 0. The Balaban J connectivity index is 1.31. The van der Waals surface area contributed by atoms with Crippen LogP contribution in [0.5, 0.6) is 0 Å². The highest BCUT2D eigenvalue weighted by Crippen LogP contribution is 2.25. The predicted molar refractivity (Wildman–Crippen MR) is 117 cm³/mol. The van der Waals surface area contributed by atoms with Crippen LogP contribution in [0.25, 0.3) is 11.4 Å². The first-order valence-corrected chi connectivity index (χ1v) is 10.6. The van der Waals surface area contributed by atoms with Gasteiger partial charge in [0.2, 0.25) is 17.6 Å². The van der Waals surface area contributed by atoms with Crippen LogP contribution in [0, 0.1) is 32.5 Å². The van der Waals surface area contributed by atoms with E-state index in [9.17, 15) is 9.18 Å². The maximum absolute atomic E-state index is 13.1. The number of hydrogen-bond acceptors (Lipinski definition) is 5. The number of nitrogens with one attached hydrogen (secondary N) is 1. The van der Waals surface area contributed by atoms with Crippen LogP contribution in [0.2, 0.25) is 0 Å². The fourth-order valence-electron chi connectivity index (χ4n) is 4.18. The quantitative estimate of drug-likeness (QED) is 0.648. The van der Waals surface area contributed by atoms with Gasteiger partial charge in [-0.1, -0.05) is 22.9 Å². The van der Waals surface area contributed by atoms with E-state index >= 15 is 0 Å². The molecule has 0 unspecified atom stereocenters. The second-order valence-corrected chi connectivity index (χ2v) is 8.33. The Morgan fingerprint density at radius 1 is 1.13 bits per heavy atom. The van der Waals surface area contributed by atoms with Crippen molar-refractivity contribution in [3.8, 4) is 11.4 Å². The maximum Gasteiger partial charge on any atom is 0.241 e. The Labute approximate surface area is 181 Å². The summed E-state index contributed by atoms with van der Waals surface area (Å²) in [4.78, 5) is 19.4. The standard InChI is InChI=1S/C24H27FN4O2/c1-15-12-16(2)22(17(3)13-15)27-24(30)19-8-10-29(11-9-19)14-21-26-23(28-31-21)18-4-6-20(25)7-5-18/h4-7,12-13,19H,8-11,14H2,1-3H3,(H,27,30). The average Bonchev–Trinajstić information content (AvgIpc) is 3.20. The fraction of sp³-hybridized carbons (Fsp3) is 0.375. The van der Waals surface area contributed by atoms with Crippen LogP contribution in [0.15, 0.2) is 40.9 Å². The molecule has 0 radical (unpaired) electrons. The normalized spacial score (nSPS) is 15.2. The lowest BCUT2D eigenvalue weighted by atomic mass is 9.95. The van der Waals surface area contributed by atoms with Gasteiger partial charge in [-0.15, -0.1) is 0 Å². The molecule has 2 heterocycles. The number of piperidine rings is 1. The number of nitrogens with zero attached hydrogens (tertiary/aromatic N) is 3. The van der Waals surface area contributed by atoms with Crippen LogP contribution >= 0.6 is 0 Å². The van der Waals surface area contributed by atoms with Gasteiger partial charge in [-0.3, -0.25) is 9.69 Å². The van der Waals surface area contributed by atoms with Crippen LogP contribution in [-0.4, -0.2) is 34.0 Å². The number of benzene rings is 2. The van der Waals surface area contributed by atoms with Gasteiger partial charge in [0, 0.05) is 17.2 Å². The van der Waals surface area contributed by atoms with Crippen LogP contribution < -0.4 is 5.32 Å². The number of amides is 1. The molecule has 31 heavy (non-hydrogen) atoms. The molecule has 4 rings (SSSR count). The lowest BCUT2D eigenvalue weighted by Gasteiger charge is -2.30. The number of aryl methyl sites for hydroxylation is 3. The van der Waals surface area contributed by atoms with Gasteiger partial charge in [0.15, 0.2) is 0 Å². The van der Waals surface area contributed by atoms with E-state index in [0.29, 0.717) is 23.8 Å². The number of carbonyl (C=O) groups is 1. The van der Waals surface area contributed by atoms with Gasteiger partial charge >= 0.3 is 0 Å². The molecule has 1 amide bonds. The van der Waals surface area contributed by atoms with Crippen molar-refractivity contribution in [1.82, 2.24) is 15.0 Å². The summed E-state index contributed by atoms with van der Waals surface area (Å²) in [6.45, 7) is 8.24. The third-order valence-corrected chi connectivity index (χ3v) is 5.81. The summed E-state index contributed by atoms with van der Waals surface area (Å²) in [5.74, 6) is 0.758. The molecule has 0 aliphatic carbocycles. The highest BCUT2D eigenvalue weighted by Gasteiger charge is 2.26. The van der Waals surface area contributed by atoms with Gasteiger partial charge < -0.3 is 9.84 Å². The molecule has 3 aromatic rings. The van der Waals surface area contributed by atoms with Crippen molar-refractivity contribution < 1.29 is 13.7 Å². The van der Waals surface area contributed by atoms with Crippen molar-refractivity contribution in [2.24, 2.45) is 5.92 Å². The van der Waals surface area contributed by atoms with E-state index in [2.05, 4.69) is 39.4 Å². The first kappa shape index (κ1) is 21.2. The highest BCUT2D eigenvalue weighted by molar-refractivity contribution is 5.94. The van der Waals surface area contributed by atoms with E-state index in [-0.39, 0.29) is 17.6 Å². The van der Waals surface area contributed by atoms with Crippen molar-refractivity contribution in [3.63, 3.8) is 0 Å². The van der Waals surface area contributed by atoms with Crippen molar-refractivity contribution in [1.29, 1.82) is 0 Å². The summed E-state index contributed by atoms with van der Waals surface area (Å²) >= 11 is 0. The Kier molecular flexibility index (Phi) is 6.13. The zero-order valence-corrected chi connectivity index (χ0v) is 18.1. The lowest BCUT2D eigenvalue weighted by Crippen LogP contribution is -2.38. The molecule has 7 heteroatoms. The summed E-state index contributed by atoms with van der Waals surface area (Å²) in [5, 5.41) is 7.14. The van der Waals surface area contributed by atoms with Gasteiger partial charge in [0.25, 0.3) is 0 Å². The van der Waals surface area contributed by atoms with Crippen molar-refractivity contribution in [3.05, 3.63) is 64.8 Å². The van der Waals surface area contributed by atoms with Crippen molar-refractivity contribution in [2.75, 3.05) is 18.4 Å². The fourth-order valence-corrected chi connectivity index (χ4v) is 4.18. The smallest absolute Gasteiger partial charge is 0.241 e. The number of aromatic nitrogens is 2. The SMILES string of the molecule is Cc1cc(C)c(NC(=O)C2CCN(Cc3nc(-c4ccc(F)cc4)no3)CC2)c(C)c1. The minimum Gasteiger partial charge on any atom is -0.338 e. The zero-order valence-electron chi connectivity index (χ0n) is 18.1. The molecule has 0 bridgehead atoms. The van der Waals surface area contributed by atoms with Crippen LogP contribution in [0.1, 0.15) is 35.4 Å². The lowest BCUT2D eigenvalue weighted by molar-refractivity contribution is -0.121. The Hall–Kier alpha value is -3.06. The van der Waals surface area contributed by atoms with Gasteiger partial charge in [-0.25, -0.2) is 4.39 Å². The molecule has 1 aromatic heterocycles. The molecule has 6 nitrogen and oxygen atoms in total. The average molecular weight is 423 g/mol. The molecule has 2 aromatic carbocycles. The first-order valence-electron chi connectivity index (χ1n) is 10.6. The third kappa shape index (κ3) is 4.99. The largest absolute Gasteiger partial charge is 0.338 e. The Bertz CT molecular complexity index is 1050. The molecule has 0 saturated carbocycles. The molecule has 162 valence electrons. The summed E-state index contributed by atoms with van der Waals surface area (Å²) in [6, 6.07) is 10.2. The number of halogens is 1. The zero-order chi connectivity index (χ0) is 22.0. The molecular formula is C24H27FN4O2. The topological polar surface area (TPSA) is 71.3 Å². The first-order chi connectivity index (χ1) is 14.9. The molecular weight excluding hydrogens is 395 g/mol. The van der Waals surface area contributed by atoms with E-state index in [1.54, 1.807) is 12.1 Å². The second-order valence-electron chi connectivity index (χ2n) is 8.33. The molecule has 1 aliphatic heterocycles. The van der Waals surface area contributed by atoms with Crippen molar-refractivity contribution >= 4 is 11.6 Å². The van der Waals surface area contributed by atoms with E-state index in [1.807, 2.05) is 13.8 Å². The Morgan fingerprint density at radius 3 is 2.42 bits per heavy atom.